The van der Waals surface area contributed by atoms with E-state index in [2.05, 4.69) is 12.1 Å². The van der Waals surface area contributed by atoms with Gasteiger partial charge in [-0.1, -0.05) is 36.0 Å². The van der Waals surface area contributed by atoms with Crippen LogP contribution in [-0.2, 0) is 9.47 Å². The Hall–Kier alpha value is -1.27. The van der Waals surface area contributed by atoms with E-state index in [4.69, 9.17) is 21.7 Å². The van der Waals surface area contributed by atoms with E-state index in [0.717, 1.165) is 12.0 Å². The molecule has 3 atom stereocenters. The highest BCUT2D eigenvalue weighted by Crippen LogP contribution is 2.54. The van der Waals surface area contributed by atoms with Gasteiger partial charge in [-0.3, -0.25) is 4.90 Å². The second-order valence-corrected chi connectivity index (χ2v) is 8.23. The van der Waals surface area contributed by atoms with Crippen molar-refractivity contribution in [1.29, 1.82) is 0 Å². The molecule has 1 fully saturated rings. The molecule has 0 aliphatic carbocycles. The number of carbonyl (C=O) groups is 1. The van der Waals surface area contributed by atoms with Crippen molar-refractivity contribution in [2.75, 3.05) is 6.26 Å². The van der Waals surface area contributed by atoms with Crippen molar-refractivity contribution < 1.29 is 14.3 Å². The maximum absolute atomic E-state index is 12.7. The van der Waals surface area contributed by atoms with E-state index in [1.54, 1.807) is 0 Å². The second-order valence-electron chi connectivity index (χ2n) is 6.82. The number of carbonyl (C=O) groups excluding carboxylic acids is 1. The Bertz CT molecular complexity index is 641. The SMILES string of the molecule is CSC(=S)O[C@@H]1C[C@H]2c3ccccc3[C@@H]1N2C(=O)OC(C)(C)C. The molecule has 1 saturated heterocycles. The van der Waals surface area contributed by atoms with Crippen molar-refractivity contribution in [2.45, 2.75) is 51.0 Å². The van der Waals surface area contributed by atoms with Crippen LogP contribution < -0.4 is 0 Å². The van der Waals surface area contributed by atoms with E-state index in [1.807, 2.05) is 44.1 Å². The summed E-state index contributed by atoms with van der Waals surface area (Å²) in [7, 11) is 0. The van der Waals surface area contributed by atoms with Crippen molar-refractivity contribution in [1.82, 2.24) is 4.90 Å². The fourth-order valence-corrected chi connectivity index (χ4v) is 3.73. The zero-order chi connectivity index (χ0) is 16.8. The van der Waals surface area contributed by atoms with Crippen molar-refractivity contribution in [3.63, 3.8) is 0 Å². The van der Waals surface area contributed by atoms with Gasteiger partial charge in [0.05, 0.1) is 12.1 Å². The fourth-order valence-electron chi connectivity index (χ4n) is 3.39. The second kappa shape index (κ2) is 5.98. The molecule has 0 saturated carbocycles. The Morgan fingerprint density at radius 2 is 1.96 bits per heavy atom. The first-order valence-corrected chi connectivity index (χ1v) is 9.30. The molecule has 23 heavy (non-hydrogen) atoms. The van der Waals surface area contributed by atoms with Crippen LogP contribution >= 0.6 is 24.0 Å². The maximum atomic E-state index is 12.7. The summed E-state index contributed by atoms with van der Waals surface area (Å²) >= 11 is 6.62. The smallest absolute Gasteiger partial charge is 0.411 e. The molecular weight excluding hydrogens is 330 g/mol. The monoisotopic (exact) mass is 351 g/mol. The number of hydrogen-bond donors (Lipinski definition) is 0. The van der Waals surface area contributed by atoms with E-state index >= 15 is 0 Å². The molecule has 2 bridgehead atoms. The number of nitrogens with zero attached hydrogens (tertiary/aromatic N) is 1. The van der Waals surface area contributed by atoms with Crippen LogP contribution in [0.5, 0.6) is 0 Å². The molecule has 2 aliphatic rings. The van der Waals surface area contributed by atoms with Gasteiger partial charge in [0.1, 0.15) is 11.7 Å². The van der Waals surface area contributed by atoms with E-state index in [9.17, 15) is 4.79 Å². The molecule has 2 aliphatic heterocycles. The minimum absolute atomic E-state index is 0.000654. The first-order valence-electron chi connectivity index (χ1n) is 7.66. The number of thioether (sulfide) groups is 1. The summed E-state index contributed by atoms with van der Waals surface area (Å²) in [5, 5.41) is 0. The summed E-state index contributed by atoms with van der Waals surface area (Å²) in [5.74, 6) is 0. The molecule has 0 unspecified atom stereocenters. The van der Waals surface area contributed by atoms with Crippen LogP contribution in [0, 0.1) is 0 Å². The third-order valence-corrected chi connectivity index (χ3v) is 5.16. The zero-order valence-corrected chi connectivity index (χ0v) is 15.4. The molecule has 2 heterocycles. The van der Waals surface area contributed by atoms with Crippen LogP contribution in [0.2, 0.25) is 0 Å². The maximum Gasteiger partial charge on any atom is 0.411 e. The van der Waals surface area contributed by atoms with E-state index in [-0.39, 0.29) is 24.3 Å². The molecular formula is C17H21NO3S2. The average Bonchev–Trinajstić information content (AvgIpc) is 2.99. The van der Waals surface area contributed by atoms with E-state index in [0.29, 0.717) is 4.38 Å². The third-order valence-electron chi connectivity index (χ3n) is 4.14. The zero-order valence-electron chi connectivity index (χ0n) is 13.7. The van der Waals surface area contributed by atoms with Gasteiger partial charge < -0.3 is 9.47 Å². The number of fused-ring (bicyclic) bond motifs is 5. The summed E-state index contributed by atoms with van der Waals surface area (Å²) in [4.78, 5) is 14.5. The molecule has 1 aromatic carbocycles. The number of benzene rings is 1. The van der Waals surface area contributed by atoms with Crippen LogP contribution in [0.15, 0.2) is 24.3 Å². The predicted molar refractivity (Wildman–Crippen MR) is 95.6 cm³/mol. The first-order chi connectivity index (χ1) is 10.8. The summed E-state index contributed by atoms with van der Waals surface area (Å²) in [5.41, 5.74) is 1.82. The van der Waals surface area contributed by atoms with Crippen LogP contribution in [0.25, 0.3) is 0 Å². The predicted octanol–water partition coefficient (Wildman–Crippen LogP) is 4.46. The van der Waals surface area contributed by atoms with Crippen molar-refractivity contribution >= 4 is 34.5 Å². The molecule has 0 aromatic heterocycles. The Labute approximate surface area is 146 Å². The largest absolute Gasteiger partial charge is 0.473 e. The molecule has 124 valence electrons. The van der Waals surface area contributed by atoms with Gasteiger partial charge in [0.2, 0.25) is 4.38 Å². The summed E-state index contributed by atoms with van der Waals surface area (Å²) in [6, 6.07) is 8.03. The quantitative estimate of drug-likeness (QED) is 0.699. The average molecular weight is 351 g/mol. The lowest BCUT2D eigenvalue weighted by molar-refractivity contribution is 0.0134. The Kier molecular flexibility index (Phi) is 4.31. The lowest BCUT2D eigenvalue weighted by Crippen LogP contribution is -2.36. The Morgan fingerprint density at radius 3 is 2.57 bits per heavy atom. The van der Waals surface area contributed by atoms with Crippen LogP contribution in [0.1, 0.15) is 50.4 Å². The summed E-state index contributed by atoms with van der Waals surface area (Å²) in [6.07, 6.45) is 2.25. The molecule has 1 amide bonds. The highest BCUT2D eigenvalue weighted by molar-refractivity contribution is 8.22. The topological polar surface area (TPSA) is 38.8 Å². The van der Waals surface area contributed by atoms with E-state index in [1.165, 1.54) is 17.3 Å². The fraction of sp³-hybridized carbons (Fsp3) is 0.529. The molecule has 4 nitrogen and oxygen atoms in total. The molecule has 0 radical (unpaired) electrons. The molecule has 3 rings (SSSR count). The van der Waals surface area contributed by atoms with Crippen LogP contribution in [0.3, 0.4) is 0 Å². The molecule has 6 heteroatoms. The minimum Gasteiger partial charge on any atom is -0.473 e. The highest BCUT2D eigenvalue weighted by atomic mass is 32.2. The van der Waals surface area contributed by atoms with E-state index < -0.39 is 5.60 Å². The van der Waals surface area contributed by atoms with Crippen LogP contribution in [0.4, 0.5) is 4.79 Å². The van der Waals surface area contributed by atoms with Crippen molar-refractivity contribution in [2.24, 2.45) is 0 Å². The number of amides is 1. The number of ether oxygens (including phenoxy) is 2. The van der Waals surface area contributed by atoms with Gasteiger partial charge in [0.15, 0.2) is 0 Å². The van der Waals surface area contributed by atoms with Crippen molar-refractivity contribution in [3.05, 3.63) is 35.4 Å². The van der Waals surface area contributed by atoms with Gasteiger partial charge in [0, 0.05) is 6.42 Å². The Morgan fingerprint density at radius 1 is 1.30 bits per heavy atom. The lowest BCUT2D eigenvalue weighted by Gasteiger charge is -2.28. The Balaban J connectivity index is 1.90. The van der Waals surface area contributed by atoms with Gasteiger partial charge in [-0.05, 0) is 50.4 Å². The highest BCUT2D eigenvalue weighted by Gasteiger charge is 2.54. The van der Waals surface area contributed by atoms with Crippen LogP contribution in [-0.4, -0.2) is 33.3 Å². The van der Waals surface area contributed by atoms with Gasteiger partial charge in [-0.15, -0.1) is 0 Å². The van der Waals surface area contributed by atoms with Crippen molar-refractivity contribution in [3.8, 4) is 0 Å². The van der Waals surface area contributed by atoms with Gasteiger partial charge in [-0.2, -0.15) is 0 Å². The number of rotatable bonds is 1. The molecule has 0 spiro atoms. The number of hydrogen-bond acceptors (Lipinski definition) is 5. The lowest BCUT2D eigenvalue weighted by atomic mass is 9.90. The molecule has 1 aromatic rings. The third kappa shape index (κ3) is 3.06. The molecule has 0 N–H and O–H groups in total. The summed E-state index contributed by atoms with van der Waals surface area (Å²) < 4.78 is 12.0. The van der Waals surface area contributed by atoms with Gasteiger partial charge >= 0.3 is 6.09 Å². The first kappa shape index (κ1) is 16.6. The van der Waals surface area contributed by atoms with Gasteiger partial charge in [0.25, 0.3) is 0 Å². The standard InChI is InChI=1S/C17H21NO3S2/c1-17(2,3)21-15(19)18-12-9-13(20-16(22)23-4)14(18)11-8-6-5-7-10(11)12/h5-8,12-14H,9H2,1-4H3/t12-,13+,14-/m0/s1. The van der Waals surface area contributed by atoms with Gasteiger partial charge in [-0.25, -0.2) is 4.79 Å². The minimum atomic E-state index is -0.518. The number of thiocarbonyl (C=S) groups is 1. The normalized spacial score (nSPS) is 25.2. The summed E-state index contributed by atoms with van der Waals surface area (Å²) in [6.45, 7) is 5.65.